The predicted octanol–water partition coefficient (Wildman–Crippen LogP) is 5.00. The van der Waals surface area contributed by atoms with Crippen LogP contribution in [0.2, 0.25) is 0 Å². The maximum Gasteiger partial charge on any atom is 0.0926 e. The van der Waals surface area contributed by atoms with Crippen molar-refractivity contribution in [3.8, 4) is 0 Å². The van der Waals surface area contributed by atoms with Crippen molar-refractivity contribution < 1.29 is 5.11 Å². The minimum absolute atomic E-state index is 0.110. The molecule has 2 heteroatoms. The monoisotopic (exact) mass is 349 g/mol. The molecule has 138 valence electrons. The van der Waals surface area contributed by atoms with Gasteiger partial charge < -0.3 is 5.11 Å². The molecule has 1 N–H and O–H groups in total. The van der Waals surface area contributed by atoms with Crippen molar-refractivity contribution in [2.45, 2.75) is 76.1 Å². The summed E-state index contributed by atoms with van der Waals surface area (Å²) in [4.78, 5) is 2.64. The molecule has 0 aliphatic carbocycles. The summed E-state index contributed by atoms with van der Waals surface area (Å²) in [7, 11) is 0. The van der Waals surface area contributed by atoms with Crippen molar-refractivity contribution in [2.24, 2.45) is 0 Å². The van der Waals surface area contributed by atoms with E-state index in [9.17, 15) is 5.11 Å². The van der Waals surface area contributed by atoms with E-state index in [0.717, 1.165) is 24.9 Å². The van der Waals surface area contributed by atoms with Gasteiger partial charge in [0.1, 0.15) is 0 Å². The lowest BCUT2D eigenvalue weighted by Gasteiger charge is -2.44. The van der Waals surface area contributed by atoms with Crippen LogP contribution < -0.4 is 0 Å². The number of aliphatic hydroxyl groups is 1. The highest BCUT2D eigenvalue weighted by Crippen LogP contribution is 2.46. The molecule has 2 aromatic rings. The molecule has 2 saturated heterocycles. The lowest BCUT2D eigenvalue weighted by molar-refractivity contribution is -0.0595. The maximum absolute atomic E-state index is 11.6. The molecule has 2 bridgehead atoms. The van der Waals surface area contributed by atoms with Gasteiger partial charge in [0.2, 0.25) is 0 Å². The Morgan fingerprint density at radius 2 is 1.62 bits per heavy atom. The van der Waals surface area contributed by atoms with Gasteiger partial charge in [-0.25, -0.2) is 0 Å². The Morgan fingerprint density at radius 1 is 0.962 bits per heavy atom. The fourth-order valence-electron chi connectivity index (χ4n) is 4.88. The van der Waals surface area contributed by atoms with E-state index in [-0.39, 0.29) is 5.41 Å². The summed E-state index contributed by atoms with van der Waals surface area (Å²) in [6, 6.07) is 20.4. The van der Waals surface area contributed by atoms with Crippen LogP contribution in [0.3, 0.4) is 0 Å². The molecule has 0 aromatic heterocycles. The fourth-order valence-corrected chi connectivity index (χ4v) is 4.88. The zero-order chi connectivity index (χ0) is 18.4. The smallest absolute Gasteiger partial charge is 0.0926 e. The van der Waals surface area contributed by atoms with Crippen molar-refractivity contribution >= 4 is 0 Å². The van der Waals surface area contributed by atoms with Gasteiger partial charge in [-0.2, -0.15) is 0 Å². The SMILES string of the molecule is CC(C)(C)c1cccc(C2(O)CC3CCC(C2)N3Cc2ccccc2)c1. The molecule has 2 heterocycles. The Bertz CT molecular complexity index is 747. The molecular weight excluding hydrogens is 318 g/mol. The highest BCUT2D eigenvalue weighted by atomic mass is 16.3. The maximum atomic E-state index is 11.6. The first-order chi connectivity index (χ1) is 12.4. The number of hydrogen-bond donors (Lipinski definition) is 1. The van der Waals surface area contributed by atoms with Gasteiger partial charge in [0.25, 0.3) is 0 Å². The van der Waals surface area contributed by atoms with Crippen molar-refractivity contribution in [1.82, 2.24) is 4.90 Å². The predicted molar refractivity (Wildman–Crippen MR) is 107 cm³/mol. The molecule has 2 nitrogen and oxygen atoms in total. The number of benzene rings is 2. The molecule has 2 aromatic carbocycles. The summed E-state index contributed by atoms with van der Waals surface area (Å²) in [5.74, 6) is 0. The molecule has 0 saturated carbocycles. The second-order valence-corrected chi connectivity index (χ2v) is 9.31. The number of fused-ring (bicyclic) bond motifs is 2. The third kappa shape index (κ3) is 3.33. The van der Waals surface area contributed by atoms with Gasteiger partial charge in [-0.1, -0.05) is 75.4 Å². The average molecular weight is 350 g/mol. The van der Waals surface area contributed by atoms with Gasteiger partial charge in [-0.05, 0) is 47.8 Å². The van der Waals surface area contributed by atoms with Crippen LogP contribution in [0.15, 0.2) is 54.6 Å². The molecule has 2 unspecified atom stereocenters. The Kier molecular flexibility index (Phi) is 4.45. The molecule has 2 aliphatic heterocycles. The third-order valence-electron chi connectivity index (χ3n) is 6.39. The second-order valence-electron chi connectivity index (χ2n) is 9.31. The summed E-state index contributed by atoms with van der Waals surface area (Å²) in [5.41, 5.74) is 3.23. The van der Waals surface area contributed by atoms with Crippen molar-refractivity contribution in [3.63, 3.8) is 0 Å². The van der Waals surface area contributed by atoms with Gasteiger partial charge in [-0.15, -0.1) is 0 Å². The van der Waals surface area contributed by atoms with E-state index in [1.54, 1.807) is 0 Å². The zero-order valence-electron chi connectivity index (χ0n) is 16.3. The van der Waals surface area contributed by atoms with Crippen LogP contribution in [-0.2, 0) is 17.6 Å². The summed E-state index contributed by atoms with van der Waals surface area (Å²) >= 11 is 0. The van der Waals surface area contributed by atoms with E-state index >= 15 is 0 Å². The van der Waals surface area contributed by atoms with E-state index in [0.29, 0.717) is 12.1 Å². The largest absolute Gasteiger partial charge is 0.385 e. The minimum atomic E-state index is -0.680. The van der Waals surface area contributed by atoms with E-state index in [1.165, 1.54) is 24.0 Å². The molecular formula is C24H31NO. The summed E-state index contributed by atoms with van der Waals surface area (Å²) in [6.07, 6.45) is 4.12. The molecule has 2 fully saturated rings. The Morgan fingerprint density at radius 3 is 2.23 bits per heavy atom. The van der Waals surface area contributed by atoms with Crippen LogP contribution >= 0.6 is 0 Å². The van der Waals surface area contributed by atoms with Crippen molar-refractivity contribution in [2.75, 3.05) is 0 Å². The van der Waals surface area contributed by atoms with Crippen LogP contribution in [0.1, 0.15) is 63.1 Å². The van der Waals surface area contributed by atoms with Gasteiger partial charge in [0.15, 0.2) is 0 Å². The quantitative estimate of drug-likeness (QED) is 0.843. The highest BCUT2D eigenvalue weighted by Gasteiger charge is 2.48. The number of hydrogen-bond acceptors (Lipinski definition) is 2. The summed E-state index contributed by atoms with van der Waals surface area (Å²) < 4.78 is 0. The van der Waals surface area contributed by atoms with Gasteiger partial charge in [-0.3, -0.25) is 4.90 Å². The van der Waals surface area contributed by atoms with Gasteiger partial charge >= 0.3 is 0 Å². The number of piperidine rings is 1. The van der Waals surface area contributed by atoms with Crippen LogP contribution in [0.5, 0.6) is 0 Å². The van der Waals surface area contributed by atoms with Gasteiger partial charge in [0.05, 0.1) is 5.60 Å². The molecule has 0 amide bonds. The second kappa shape index (κ2) is 6.51. The zero-order valence-corrected chi connectivity index (χ0v) is 16.3. The van der Waals surface area contributed by atoms with E-state index in [4.69, 9.17) is 0 Å². The van der Waals surface area contributed by atoms with Crippen molar-refractivity contribution in [1.29, 1.82) is 0 Å². The summed E-state index contributed by atoms with van der Waals surface area (Å²) in [5, 5.41) is 11.6. The lowest BCUT2D eigenvalue weighted by atomic mass is 9.77. The Hall–Kier alpha value is -1.64. The molecule has 0 radical (unpaired) electrons. The molecule has 26 heavy (non-hydrogen) atoms. The third-order valence-corrected chi connectivity index (χ3v) is 6.39. The van der Waals surface area contributed by atoms with E-state index in [2.05, 4.69) is 80.3 Å². The first-order valence-corrected chi connectivity index (χ1v) is 9.98. The molecule has 2 aliphatic rings. The minimum Gasteiger partial charge on any atom is -0.385 e. The average Bonchev–Trinajstić information content (AvgIpc) is 2.86. The number of rotatable bonds is 3. The van der Waals surface area contributed by atoms with Crippen molar-refractivity contribution in [3.05, 3.63) is 71.3 Å². The van der Waals surface area contributed by atoms with E-state index < -0.39 is 5.60 Å². The standard InChI is InChI=1S/C24H31NO/c1-23(2,3)19-10-7-11-20(14-19)24(26)15-21-12-13-22(16-24)25(21)17-18-8-5-4-6-9-18/h4-11,14,21-22,26H,12-13,15-17H2,1-3H3. The highest BCUT2D eigenvalue weighted by molar-refractivity contribution is 5.33. The summed E-state index contributed by atoms with van der Waals surface area (Å²) in [6.45, 7) is 7.72. The van der Waals surface area contributed by atoms with Crippen LogP contribution in [0.25, 0.3) is 0 Å². The lowest BCUT2D eigenvalue weighted by Crippen LogP contribution is -2.49. The first kappa shape index (κ1) is 17.8. The fraction of sp³-hybridized carbons (Fsp3) is 0.500. The van der Waals surface area contributed by atoms with Gasteiger partial charge in [0, 0.05) is 18.6 Å². The van der Waals surface area contributed by atoms with Crippen LogP contribution in [0, 0.1) is 0 Å². The van der Waals surface area contributed by atoms with Crippen LogP contribution in [0.4, 0.5) is 0 Å². The Balaban J connectivity index is 1.56. The molecule has 2 atom stereocenters. The van der Waals surface area contributed by atoms with E-state index in [1.807, 2.05) is 0 Å². The Labute approximate surface area is 157 Å². The normalized spacial score (nSPS) is 29.1. The molecule has 4 rings (SSSR count). The number of nitrogens with zero attached hydrogens (tertiary/aromatic N) is 1. The first-order valence-electron chi connectivity index (χ1n) is 9.98. The molecule has 0 spiro atoms. The van der Waals surface area contributed by atoms with Crippen LogP contribution in [-0.4, -0.2) is 22.1 Å². The topological polar surface area (TPSA) is 23.5 Å².